The Labute approximate surface area is 127 Å². The summed E-state index contributed by atoms with van der Waals surface area (Å²) < 4.78 is 0. The van der Waals surface area contributed by atoms with E-state index in [9.17, 15) is 4.79 Å². The molecular weight excluding hydrogens is 262 g/mol. The van der Waals surface area contributed by atoms with Crippen molar-refractivity contribution in [2.75, 3.05) is 13.1 Å². The van der Waals surface area contributed by atoms with Gasteiger partial charge in [-0.2, -0.15) is 0 Å². The molecule has 21 heavy (non-hydrogen) atoms. The Morgan fingerprint density at radius 3 is 2.57 bits per heavy atom. The Morgan fingerprint density at radius 1 is 1.19 bits per heavy atom. The van der Waals surface area contributed by atoms with E-state index < -0.39 is 0 Å². The third-order valence-electron chi connectivity index (χ3n) is 4.07. The lowest BCUT2D eigenvalue weighted by Crippen LogP contribution is -2.45. The minimum Gasteiger partial charge on any atom is -0.335 e. The molecule has 1 aliphatic carbocycles. The van der Waals surface area contributed by atoms with Crippen molar-refractivity contribution in [1.29, 1.82) is 0 Å². The number of nitrogens with zero attached hydrogens (tertiary/aromatic N) is 1. The van der Waals surface area contributed by atoms with Crippen molar-refractivity contribution in [1.82, 2.24) is 10.2 Å². The maximum atomic E-state index is 12.5. The van der Waals surface area contributed by atoms with Gasteiger partial charge < -0.3 is 16.0 Å². The maximum Gasteiger partial charge on any atom is 0.317 e. The van der Waals surface area contributed by atoms with Crippen molar-refractivity contribution in [3.05, 3.63) is 35.9 Å². The number of hydrogen-bond donors (Lipinski definition) is 2. The lowest BCUT2D eigenvalue weighted by Gasteiger charge is -2.28. The summed E-state index contributed by atoms with van der Waals surface area (Å²) in [6.07, 6.45) is 6.82. The fourth-order valence-electron chi connectivity index (χ4n) is 2.85. The number of carbonyl (C=O) groups is 1. The van der Waals surface area contributed by atoms with E-state index in [2.05, 4.69) is 17.4 Å². The first-order valence-electron chi connectivity index (χ1n) is 8.09. The Morgan fingerprint density at radius 2 is 1.90 bits per heavy atom. The van der Waals surface area contributed by atoms with Gasteiger partial charge in [0.05, 0.1) is 0 Å². The topological polar surface area (TPSA) is 58.4 Å². The van der Waals surface area contributed by atoms with Crippen LogP contribution in [-0.4, -0.2) is 30.1 Å². The van der Waals surface area contributed by atoms with Crippen LogP contribution in [0.15, 0.2) is 30.3 Å². The van der Waals surface area contributed by atoms with Gasteiger partial charge in [-0.3, -0.25) is 0 Å². The van der Waals surface area contributed by atoms with Crippen LogP contribution in [0.3, 0.4) is 0 Å². The number of rotatable bonds is 6. The van der Waals surface area contributed by atoms with Crippen LogP contribution >= 0.6 is 0 Å². The standard InChI is InChI=1S/C17H27N3O/c18-12-7-13-20(14-15-8-3-1-4-9-15)17(21)19-16-10-5-2-6-11-16/h1,3-4,8-9,16H,2,5-7,10-14,18H2,(H,19,21). The van der Waals surface area contributed by atoms with Crippen LogP contribution < -0.4 is 11.1 Å². The van der Waals surface area contributed by atoms with E-state index in [1.165, 1.54) is 19.3 Å². The first-order valence-corrected chi connectivity index (χ1v) is 8.09. The van der Waals surface area contributed by atoms with Crippen molar-refractivity contribution in [3.8, 4) is 0 Å². The van der Waals surface area contributed by atoms with E-state index in [1.807, 2.05) is 23.1 Å². The molecule has 0 atom stereocenters. The van der Waals surface area contributed by atoms with Crippen LogP contribution in [0.4, 0.5) is 4.79 Å². The van der Waals surface area contributed by atoms with Crippen LogP contribution in [0.2, 0.25) is 0 Å². The summed E-state index contributed by atoms with van der Waals surface area (Å²) in [7, 11) is 0. The molecule has 1 aromatic rings. The number of benzene rings is 1. The molecule has 4 heteroatoms. The van der Waals surface area contributed by atoms with Crippen molar-refractivity contribution in [2.45, 2.75) is 51.1 Å². The summed E-state index contributed by atoms with van der Waals surface area (Å²) in [6.45, 7) is 1.98. The number of nitrogens with two attached hydrogens (primary N) is 1. The molecule has 0 heterocycles. The minimum absolute atomic E-state index is 0.0548. The van der Waals surface area contributed by atoms with Crippen molar-refractivity contribution in [2.24, 2.45) is 5.73 Å². The molecule has 2 rings (SSSR count). The smallest absolute Gasteiger partial charge is 0.317 e. The molecule has 116 valence electrons. The predicted molar refractivity (Wildman–Crippen MR) is 85.9 cm³/mol. The normalized spacial score (nSPS) is 15.7. The first-order chi connectivity index (χ1) is 10.3. The van der Waals surface area contributed by atoms with Gasteiger partial charge in [0.1, 0.15) is 0 Å². The summed E-state index contributed by atoms with van der Waals surface area (Å²) in [5, 5.41) is 3.19. The molecular formula is C17H27N3O. The number of nitrogens with one attached hydrogen (secondary N) is 1. The van der Waals surface area contributed by atoms with Gasteiger partial charge in [0.2, 0.25) is 0 Å². The van der Waals surface area contributed by atoms with Gasteiger partial charge in [-0.05, 0) is 31.4 Å². The highest BCUT2D eigenvalue weighted by atomic mass is 16.2. The van der Waals surface area contributed by atoms with E-state index in [0.717, 1.165) is 24.8 Å². The monoisotopic (exact) mass is 289 g/mol. The van der Waals surface area contributed by atoms with Gasteiger partial charge in [0, 0.05) is 19.1 Å². The van der Waals surface area contributed by atoms with Crippen molar-refractivity contribution in [3.63, 3.8) is 0 Å². The highest BCUT2D eigenvalue weighted by Crippen LogP contribution is 2.18. The summed E-state index contributed by atoms with van der Waals surface area (Å²) in [5.41, 5.74) is 6.76. The number of amides is 2. The Hall–Kier alpha value is -1.55. The SMILES string of the molecule is NCCCN(Cc1ccccc1)C(=O)NC1CCCCC1. The van der Waals surface area contributed by atoms with Crippen LogP contribution in [-0.2, 0) is 6.54 Å². The molecule has 0 spiro atoms. The molecule has 0 aliphatic heterocycles. The van der Waals surface area contributed by atoms with E-state index in [0.29, 0.717) is 25.7 Å². The summed E-state index contributed by atoms with van der Waals surface area (Å²) >= 11 is 0. The van der Waals surface area contributed by atoms with Gasteiger partial charge >= 0.3 is 6.03 Å². The largest absolute Gasteiger partial charge is 0.335 e. The predicted octanol–water partition coefficient (Wildman–Crippen LogP) is 2.88. The zero-order valence-electron chi connectivity index (χ0n) is 12.8. The van der Waals surface area contributed by atoms with Gasteiger partial charge in [-0.1, -0.05) is 49.6 Å². The van der Waals surface area contributed by atoms with Crippen LogP contribution in [0, 0.1) is 0 Å². The second-order valence-electron chi connectivity index (χ2n) is 5.83. The van der Waals surface area contributed by atoms with Crippen LogP contribution in [0.1, 0.15) is 44.1 Å². The summed E-state index contributed by atoms with van der Waals surface area (Å²) in [5.74, 6) is 0. The van der Waals surface area contributed by atoms with Crippen LogP contribution in [0.25, 0.3) is 0 Å². The molecule has 0 unspecified atom stereocenters. The van der Waals surface area contributed by atoms with E-state index in [-0.39, 0.29) is 6.03 Å². The molecule has 0 saturated heterocycles. The average Bonchev–Trinajstić information content (AvgIpc) is 2.53. The second-order valence-corrected chi connectivity index (χ2v) is 5.83. The zero-order chi connectivity index (χ0) is 14.9. The van der Waals surface area contributed by atoms with Gasteiger partial charge in [-0.15, -0.1) is 0 Å². The third-order valence-corrected chi connectivity index (χ3v) is 4.07. The highest BCUT2D eigenvalue weighted by molar-refractivity contribution is 5.74. The fourth-order valence-corrected chi connectivity index (χ4v) is 2.85. The van der Waals surface area contributed by atoms with Crippen molar-refractivity contribution >= 4 is 6.03 Å². The Balaban J connectivity index is 1.92. The summed E-state index contributed by atoms with van der Waals surface area (Å²) in [4.78, 5) is 14.4. The number of urea groups is 1. The van der Waals surface area contributed by atoms with E-state index >= 15 is 0 Å². The number of hydrogen-bond acceptors (Lipinski definition) is 2. The zero-order valence-corrected chi connectivity index (χ0v) is 12.8. The highest BCUT2D eigenvalue weighted by Gasteiger charge is 2.19. The van der Waals surface area contributed by atoms with Gasteiger partial charge in [0.15, 0.2) is 0 Å². The Kier molecular flexibility index (Phi) is 6.54. The van der Waals surface area contributed by atoms with Crippen molar-refractivity contribution < 1.29 is 4.79 Å². The Bertz CT molecular complexity index is 415. The molecule has 2 amide bonds. The molecule has 1 fully saturated rings. The van der Waals surface area contributed by atoms with E-state index in [1.54, 1.807) is 0 Å². The molecule has 0 aromatic heterocycles. The quantitative estimate of drug-likeness (QED) is 0.846. The molecule has 4 nitrogen and oxygen atoms in total. The molecule has 1 aliphatic rings. The minimum atomic E-state index is 0.0548. The molecule has 1 saturated carbocycles. The molecule has 0 radical (unpaired) electrons. The lowest BCUT2D eigenvalue weighted by molar-refractivity contribution is 0.187. The lowest BCUT2D eigenvalue weighted by atomic mass is 9.96. The van der Waals surface area contributed by atoms with E-state index in [4.69, 9.17) is 5.73 Å². The first kappa shape index (κ1) is 15.8. The molecule has 1 aromatic carbocycles. The van der Waals surface area contributed by atoms with Crippen LogP contribution in [0.5, 0.6) is 0 Å². The van der Waals surface area contributed by atoms with Gasteiger partial charge in [0.25, 0.3) is 0 Å². The second kappa shape index (κ2) is 8.67. The summed E-state index contributed by atoms with van der Waals surface area (Å²) in [6, 6.07) is 10.5. The maximum absolute atomic E-state index is 12.5. The fraction of sp³-hybridized carbons (Fsp3) is 0.588. The van der Waals surface area contributed by atoms with Gasteiger partial charge in [-0.25, -0.2) is 4.79 Å². The molecule has 3 N–H and O–H groups in total. The number of carbonyl (C=O) groups excluding carboxylic acids is 1. The average molecular weight is 289 g/mol. The third kappa shape index (κ3) is 5.38. The molecule has 0 bridgehead atoms.